The average molecular weight is 856 g/mol. The minimum atomic E-state index is -4.34. The number of unbranched alkanes of at least 4 members (excludes halogenated alkanes) is 31. The summed E-state index contributed by atoms with van der Waals surface area (Å²) in [5, 5.41) is 13.9. The van der Waals surface area contributed by atoms with Gasteiger partial charge in [-0.15, -0.1) is 0 Å². The van der Waals surface area contributed by atoms with Crippen LogP contribution in [0.2, 0.25) is 0 Å². The second-order valence-corrected chi connectivity index (χ2v) is 20.0. The Labute approximate surface area is 366 Å². The molecule has 0 aromatic carbocycles. The molecule has 0 rings (SSSR count). The van der Waals surface area contributed by atoms with Gasteiger partial charge in [-0.05, 0) is 44.9 Å². The van der Waals surface area contributed by atoms with Crippen LogP contribution in [0.4, 0.5) is 0 Å². The minimum Gasteiger partial charge on any atom is -0.387 e. The van der Waals surface area contributed by atoms with E-state index < -0.39 is 20.0 Å². The van der Waals surface area contributed by atoms with Gasteiger partial charge in [0.25, 0.3) is 0 Å². The lowest BCUT2D eigenvalue weighted by Gasteiger charge is -2.25. The molecule has 0 heterocycles. The van der Waals surface area contributed by atoms with Crippen LogP contribution in [-0.4, -0.2) is 73.4 Å². The first-order valence-electron chi connectivity index (χ1n) is 25.2. The minimum absolute atomic E-state index is 0.0619. The zero-order valence-electron chi connectivity index (χ0n) is 39.8. The van der Waals surface area contributed by atoms with Crippen molar-refractivity contribution in [3.63, 3.8) is 0 Å². The Kier molecular flexibility index (Phi) is 41.6. The van der Waals surface area contributed by atoms with Crippen molar-refractivity contribution in [1.82, 2.24) is 5.32 Å². The fourth-order valence-corrected chi connectivity index (χ4v) is 8.13. The third-order valence-corrected chi connectivity index (χ3v) is 12.4. The number of nitrogens with zero attached hydrogens (tertiary/aromatic N) is 1. The van der Waals surface area contributed by atoms with Crippen LogP contribution in [0.3, 0.4) is 0 Å². The summed E-state index contributed by atoms with van der Waals surface area (Å²) in [5.41, 5.74) is 0. The van der Waals surface area contributed by atoms with Crippen molar-refractivity contribution in [3.8, 4) is 0 Å². The zero-order valence-corrected chi connectivity index (χ0v) is 40.7. The lowest BCUT2D eigenvalue weighted by molar-refractivity contribution is -0.870. The van der Waals surface area contributed by atoms with E-state index in [1.807, 2.05) is 27.2 Å². The van der Waals surface area contributed by atoms with Gasteiger partial charge in [-0.2, -0.15) is 0 Å². The van der Waals surface area contributed by atoms with Crippen LogP contribution in [0.5, 0.6) is 0 Å². The SMILES string of the molecule is CCCCCCCCCCCCC/C=C\CCCCCCCCCC(=O)NC(COP(=O)(O)OCC[N+](C)(C)C)C(O)/C=C/CCCCCCCCCCCCCCC. The average Bonchev–Trinajstić information content (AvgIpc) is 3.19. The quantitative estimate of drug-likeness (QED) is 0.0244. The Morgan fingerprint density at radius 1 is 0.559 bits per heavy atom. The molecule has 0 aliphatic carbocycles. The van der Waals surface area contributed by atoms with Crippen LogP contribution in [0.25, 0.3) is 0 Å². The number of carbonyl (C=O) groups excluding carboxylic acids is 1. The Hall–Kier alpha value is -1.02. The number of hydrogen-bond acceptors (Lipinski definition) is 5. The lowest BCUT2D eigenvalue weighted by Crippen LogP contribution is -2.45. The second kappa shape index (κ2) is 42.3. The van der Waals surface area contributed by atoms with Crippen molar-refractivity contribution in [1.29, 1.82) is 0 Å². The number of hydrogen-bond donors (Lipinski definition) is 3. The summed E-state index contributed by atoms with van der Waals surface area (Å²) in [5.74, 6) is -0.179. The van der Waals surface area contributed by atoms with Crippen molar-refractivity contribution < 1.29 is 32.9 Å². The number of carbonyl (C=O) groups is 1. The Morgan fingerprint density at radius 2 is 0.915 bits per heavy atom. The summed E-state index contributed by atoms with van der Waals surface area (Å²) in [6.07, 6.45) is 51.1. The number of quaternary nitrogens is 1. The molecule has 3 atom stereocenters. The van der Waals surface area contributed by atoms with Crippen molar-refractivity contribution in [2.75, 3.05) is 40.9 Å². The number of phosphoric ester groups is 1. The van der Waals surface area contributed by atoms with Crippen LogP contribution < -0.4 is 5.32 Å². The molecule has 0 aliphatic rings. The molecular weight excluding hydrogens is 756 g/mol. The van der Waals surface area contributed by atoms with Gasteiger partial charge in [-0.3, -0.25) is 13.8 Å². The highest BCUT2D eigenvalue weighted by molar-refractivity contribution is 7.47. The number of aliphatic hydroxyl groups excluding tert-OH is 1. The number of phosphoric acid groups is 1. The van der Waals surface area contributed by atoms with E-state index in [4.69, 9.17) is 9.05 Å². The molecule has 0 aromatic heterocycles. The standard InChI is InChI=1S/C50H99N2O6P/c1-6-8-10-12-14-16-18-20-22-23-24-25-26-27-28-30-32-34-36-38-40-42-44-50(54)51-48(47-58-59(55,56)57-46-45-52(3,4)5)49(53)43-41-39-37-35-33-31-29-21-19-17-15-13-11-9-7-2/h26-27,41,43,48-49,53H,6-25,28-40,42,44-47H2,1-5H3,(H-,51,54,55,56)/p+1/b27-26-,43-41+. The maximum Gasteiger partial charge on any atom is 0.472 e. The van der Waals surface area contributed by atoms with E-state index >= 15 is 0 Å². The van der Waals surface area contributed by atoms with Gasteiger partial charge in [-0.25, -0.2) is 4.57 Å². The van der Waals surface area contributed by atoms with Crippen molar-refractivity contribution in [3.05, 3.63) is 24.3 Å². The number of rotatable bonds is 46. The summed E-state index contributed by atoms with van der Waals surface area (Å²) in [4.78, 5) is 23.2. The molecule has 3 N–H and O–H groups in total. The molecule has 0 fully saturated rings. The number of allylic oxidation sites excluding steroid dienone is 3. The van der Waals surface area contributed by atoms with Gasteiger partial charge in [0.2, 0.25) is 5.91 Å². The third-order valence-electron chi connectivity index (χ3n) is 11.4. The van der Waals surface area contributed by atoms with Crippen LogP contribution in [-0.2, 0) is 18.4 Å². The fraction of sp³-hybridized carbons (Fsp3) is 0.900. The highest BCUT2D eigenvalue weighted by atomic mass is 31.2. The largest absolute Gasteiger partial charge is 0.472 e. The van der Waals surface area contributed by atoms with E-state index in [1.54, 1.807) is 6.08 Å². The molecule has 8 nitrogen and oxygen atoms in total. The van der Waals surface area contributed by atoms with Crippen LogP contribution in [0.1, 0.15) is 239 Å². The molecule has 0 saturated carbocycles. The summed E-state index contributed by atoms with van der Waals surface area (Å²) in [6.45, 7) is 4.83. The number of aliphatic hydroxyl groups is 1. The number of nitrogens with one attached hydrogen (secondary N) is 1. The van der Waals surface area contributed by atoms with E-state index in [2.05, 4.69) is 31.3 Å². The topological polar surface area (TPSA) is 105 Å². The van der Waals surface area contributed by atoms with Crippen molar-refractivity contribution >= 4 is 13.7 Å². The van der Waals surface area contributed by atoms with Gasteiger partial charge in [0.05, 0.1) is 39.9 Å². The monoisotopic (exact) mass is 856 g/mol. The number of amides is 1. The molecule has 1 amide bonds. The van der Waals surface area contributed by atoms with E-state index in [0.29, 0.717) is 17.4 Å². The summed E-state index contributed by atoms with van der Waals surface area (Å²) in [7, 11) is 1.58. The van der Waals surface area contributed by atoms with Gasteiger partial charge < -0.3 is 19.8 Å². The molecule has 0 spiro atoms. The maximum absolute atomic E-state index is 12.9. The molecule has 0 radical (unpaired) electrons. The van der Waals surface area contributed by atoms with Gasteiger partial charge in [0.1, 0.15) is 13.2 Å². The van der Waals surface area contributed by atoms with E-state index in [-0.39, 0.29) is 19.1 Å². The number of likely N-dealkylation sites (N-methyl/N-ethyl adjacent to an activating group) is 1. The molecule has 59 heavy (non-hydrogen) atoms. The van der Waals surface area contributed by atoms with Crippen LogP contribution in [0, 0.1) is 0 Å². The van der Waals surface area contributed by atoms with Gasteiger partial charge in [0, 0.05) is 6.42 Å². The predicted molar refractivity (Wildman–Crippen MR) is 254 cm³/mol. The molecule has 350 valence electrons. The van der Waals surface area contributed by atoms with Gasteiger partial charge in [-0.1, -0.05) is 212 Å². The lowest BCUT2D eigenvalue weighted by atomic mass is 10.0. The van der Waals surface area contributed by atoms with Gasteiger partial charge in [0.15, 0.2) is 0 Å². The summed E-state index contributed by atoms with van der Waals surface area (Å²) < 4.78 is 23.6. The first-order chi connectivity index (χ1) is 28.5. The molecule has 0 bridgehead atoms. The highest BCUT2D eigenvalue weighted by Gasteiger charge is 2.27. The molecule has 0 aromatic rings. The van der Waals surface area contributed by atoms with Crippen molar-refractivity contribution in [2.24, 2.45) is 0 Å². The van der Waals surface area contributed by atoms with E-state index in [0.717, 1.165) is 38.5 Å². The maximum atomic E-state index is 12.9. The van der Waals surface area contributed by atoms with Crippen LogP contribution in [0.15, 0.2) is 24.3 Å². The second-order valence-electron chi connectivity index (χ2n) is 18.5. The molecule has 0 aliphatic heterocycles. The normalized spacial score (nSPS) is 14.4. The molecule has 9 heteroatoms. The highest BCUT2D eigenvalue weighted by Crippen LogP contribution is 2.43. The molecule has 3 unspecified atom stereocenters. The summed E-state index contributed by atoms with van der Waals surface area (Å²) >= 11 is 0. The Bertz CT molecular complexity index is 1020. The van der Waals surface area contributed by atoms with E-state index in [9.17, 15) is 19.4 Å². The smallest absolute Gasteiger partial charge is 0.387 e. The first-order valence-corrected chi connectivity index (χ1v) is 26.7. The third kappa shape index (κ3) is 44.8. The fourth-order valence-electron chi connectivity index (χ4n) is 7.39. The molecule has 0 saturated heterocycles. The van der Waals surface area contributed by atoms with E-state index in [1.165, 1.54) is 180 Å². The van der Waals surface area contributed by atoms with Gasteiger partial charge >= 0.3 is 7.82 Å². The zero-order chi connectivity index (χ0) is 43.6. The van der Waals surface area contributed by atoms with Crippen LogP contribution >= 0.6 is 7.82 Å². The predicted octanol–water partition coefficient (Wildman–Crippen LogP) is 14.5. The first kappa shape index (κ1) is 58.0. The summed E-state index contributed by atoms with van der Waals surface area (Å²) in [6, 6.07) is -0.846. The molecular formula is C50H100N2O6P+. The Balaban J connectivity index is 4.29. The Morgan fingerprint density at radius 3 is 1.31 bits per heavy atom. The van der Waals surface area contributed by atoms with Crippen molar-refractivity contribution in [2.45, 2.75) is 251 Å².